The zero-order chi connectivity index (χ0) is 14.0. The molecule has 1 aromatic rings. The summed E-state index contributed by atoms with van der Waals surface area (Å²) in [5.74, 6) is 0. The largest absolute Gasteiger partial charge is 0.390 e. The Bertz CT molecular complexity index is 470. The van der Waals surface area contributed by atoms with Crippen molar-refractivity contribution in [3.8, 4) is 0 Å². The number of hydrogen-bond acceptors (Lipinski definition) is 6. The Kier molecular flexibility index (Phi) is 4.13. The van der Waals surface area contributed by atoms with Crippen LogP contribution in [0.4, 0.5) is 5.69 Å². The summed E-state index contributed by atoms with van der Waals surface area (Å²) in [6.07, 6.45) is -0.641. The molecule has 1 aliphatic heterocycles. The Morgan fingerprint density at radius 1 is 1.63 bits per heavy atom. The number of ether oxygens (including phenoxy) is 1. The van der Waals surface area contributed by atoms with E-state index in [-0.39, 0.29) is 12.2 Å². The fourth-order valence-electron chi connectivity index (χ4n) is 2.05. The molecular formula is C11H18N4O4. The van der Waals surface area contributed by atoms with Gasteiger partial charge in [-0.3, -0.25) is 14.8 Å². The average Bonchev–Trinajstić information content (AvgIpc) is 2.51. The first-order chi connectivity index (χ1) is 8.99. The minimum absolute atomic E-state index is 0.0209. The summed E-state index contributed by atoms with van der Waals surface area (Å²) in [4.78, 5) is 10.4. The maximum atomic E-state index is 10.9. The highest BCUT2D eigenvalue weighted by Gasteiger charge is 2.23. The Balaban J connectivity index is 1.94. The smallest absolute Gasteiger partial charge is 0.312 e. The van der Waals surface area contributed by atoms with E-state index in [0.29, 0.717) is 37.2 Å². The van der Waals surface area contributed by atoms with Crippen LogP contribution in [-0.2, 0) is 11.3 Å². The first-order valence-electron chi connectivity index (χ1n) is 6.16. The lowest BCUT2D eigenvalue weighted by Crippen LogP contribution is -2.48. The molecule has 2 heterocycles. The molecule has 0 radical (unpaired) electrons. The molecule has 0 amide bonds. The van der Waals surface area contributed by atoms with Crippen LogP contribution in [0.25, 0.3) is 0 Å². The lowest BCUT2D eigenvalue weighted by molar-refractivity contribution is -0.386. The number of aliphatic hydroxyl groups is 1. The highest BCUT2D eigenvalue weighted by molar-refractivity contribution is 5.39. The summed E-state index contributed by atoms with van der Waals surface area (Å²) in [6.45, 7) is 5.22. The third-order valence-corrected chi connectivity index (χ3v) is 3.19. The van der Waals surface area contributed by atoms with Crippen molar-refractivity contribution in [1.29, 1.82) is 0 Å². The van der Waals surface area contributed by atoms with E-state index in [1.165, 1.54) is 4.68 Å². The van der Waals surface area contributed by atoms with E-state index in [4.69, 9.17) is 4.74 Å². The molecule has 1 aliphatic rings. The molecular weight excluding hydrogens is 252 g/mol. The second kappa shape index (κ2) is 5.64. The summed E-state index contributed by atoms with van der Waals surface area (Å²) in [6, 6.07) is 0.296. The molecule has 1 atom stereocenters. The van der Waals surface area contributed by atoms with Gasteiger partial charge in [0.15, 0.2) is 0 Å². The SMILES string of the molecule is Cc1nn(CC(O)CNC2COC2)c(C)c1[N+](=O)[O-]. The third kappa shape index (κ3) is 3.09. The molecule has 2 rings (SSSR count). The predicted octanol–water partition coefficient (Wildman–Crippen LogP) is -0.243. The van der Waals surface area contributed by atoms with Gasteiger partial charge in [0.25, 0.3) is 0 Å². The molecule has 0 aromatic carbocycles. The quantitative estimate of drug-likeness (QED) is 0.546. The highest BCUT2D eigenvalue weighted by Crippen LogP contribution is 2.21. The fraction of sp³-hybridized carbons (Fsp3) is 0.727. The highest BCUT2D eigenvalue weighted by atomic mass is 16.6. The van der Waals surface area contributed by atoms with Gasteiger partial charge in [-0.05, 0) is 13.8 Å². The van der Waals surface area contributed by atoms with Crippen LogP contribution in [0.3, 0.4) is 0 Å². The van der Waals surface area contributed by atoms with Crippen LogP contribution >= 0.6 is 0 Å². The van der Waals surface area contributed by atoms with Crippen molar-refractivity contribution in [3.05, 3.63) is 21.5 Å². The molecule has 0 bridgehead atoms. The van der Waals surface area contributed by atoms with Gasteiger partial charge in [-0.25, -0.2) is 0 Å². The molecule has 106 valence electrons. The molecule has 0 saturated carbocycles. The normalized spacial score (nSPS) is 17.2. The van der Waals surface area contributed by atoms with E-state index in [2.05, 4.69) is 10.4 Å². The van der Waals surface area contributed by atoms with Crippen LogP contribution in [0.1, 0.15) is 11.4 Å². The van der Waals surface area contributed by atoms with Gasteiger partial charge in [-0.2, -0.15) is 5.10 Å². The number of aryl methyl sites for hydroxylation is 1. The summed E-state index contributed by atoms with van der Waals surface area (Å²) >= 11 is 0. The first-order valence-corrected chi connectivity index (χ1v) is 6.16. The van der Waals surface area contributed by atoms with Crippen LogP contribution in [0.5, 0.6) is 0 Å². The van der Waals surface area contributed by atoms with Crippen molar-refractivity contribution in [1.82, 2.24) is 15.1 Å². The standard InChI is InChI=1S/C11H18N4O4/c1-7-11(15(17)18)8(2)14(13-7)4-10(16)3-12-9-5-19-6-9/h9-10,12,16H,3-6H2,1-2H3. The predicted molar refractivity (Wildman–Crippen MR) is 67.0 cm³/mol. The number of rotatable bonds is 6. The lowest BCUT2D eigenvalue weighted by Gasteiger charge is -2.28. The molecule has 1 saturated heterocycles. The van der Waals surface area contributed by atoms with Crippen LogP contribution < -0.4 is 5.32 Å². The van der Waals surface area contributed by atoms with Crippen molar-refractivity contribution >= 4 is 5.69 Å². The van der Waals surface area contributed by atoms with E-state index in [1.54, 1.807) is 13.8 Å². The number of aliphatic hydroxyl groups excluding tert-OH is 1. The number of nitro groups is 1. The monoisotopic (exact) mass is 270 g/mol. The van der Waals surface area contributed by atoms with Crippen molar-refractivity contribution in [2.24, 2.45) is 0 Å². The molecule has 2 N–H and O–H groups in total. The van der Waals surface area contributed by atoms with Gasteiger partial charge in [-0.15, -0.1) is 0 Å². The lowest BCUT2D eigenvalue weighted by atomic mass is 10.2. The van der Waals surface area contributed by atoms with Crippen molar-refractivity contribution in [2.45, 2.75) is 32.5 Å². The van der Waals surface area contributed by atoms with E-state index in [9.17, 15) is 15.2 Å². The molecule has 1 aromatic heterocycles. The Hall–Kier alpha value is -1.51. The summed E-state index contributed by atoms with van der Waals surface area (Å²) in [7, 11) is 0. The zero-order valence-corrected chi connectivity index (χ0v) is 11.0. The summed E-state index contributed by atoms with van der Waals surface area (Å²) in [5, 5.41) is 28.0. The molecule has 0 aliphatic carbocycles. The maximum Gasteiger partial charge on any atom is 0.312 e. The second-order valence-corrected chi connectivity index (χ2v) is 4.76. The Morgan fingerprint density at radius 2 is 2.32 bits per heavy atom. The Labute approximate surface area is 110 Å². The maximum absolute atomic E-state index is 10.9. The van der Waals surface area contributed by atoms with Crippen LogP contribution in [0.2, 0.25) is 0 Å². The van der Waals surface area contributed by atoms with Crippen LogP contribution in [0.15, 0.2) is 0 Å². The van der Waals surface area contributed by atoms with Crippen LogP contribution in [-0.4, -0.2) is 51.7 Å². The zero-order valence-electron chi connectivity index (χ0n) is 11.0. The molecule has 8 nitrogen and oxygen atoms in total. The van der Waals surface area contributed by atoms with Gasteiger partial charge in [-0.1, -0.05) is 0 Å². The minimum atomic E-state index is -0.641. The number of nitrogens with one attached hydrogen (secondary N) is 1. The second-order valence-electron chi connectivity index (χ2n) is 4.76. The molecule has 19 heavy (non-hydrogen) atoms. The Morgan fingerprint density at radius 3 is 2.79 bits per heavy atom. The topological polar surface area (TPSA) is 102 Å². The van der Waals surface area contributed by atoms with Crippen molar-refractivity contribution < 1.29 is 14.8 Å². The average molecular weight is 270 g/mol. The number of aromatic nitrogens is 2. The number of nitrogens with zero attached hydrogens (tertiary/aromatic N) is 3. The minimum Gasteiger partial charge on any atom is -0.390 e. The van der Waals surface area contributed by atoms with E-state index in [0.717, 1.165) is 0 Å². The first kappa shape index (κ1) is 13.9. The molecule has 8 heteroatoms. The molecule has 1 fully saturated rings. The molecule has 1 unspecified atom stereocenters. The van der Waals surface area contributed by atoms with Gasteiger partial charge >= 0.3 is 5.69 Å². The summed E-state index contributed by atoms with van der Waals surface area (Å²) < 4.78 is 6.50. The van der Waals surface area contributed by atoms with Gasteiger partial charge in [0.1, 0.15) is 11.4 Å². The third-order valence-electron chi connectivity index (χ3n) is 3.19. The van der Waals surface area contributed by atoms with E-state index < -0.39 is 11.0 Å². The fourth-order valence-corrected chi connectivity index (χ4v) is 2.05. The van der Waals surface area contributed by atoms with E-state index >= 15 is 0 Å². The molecule has 0 spiro atoms. The van der Waals surface area contributed by atoms with Gasteiger partial charge in [0.2, 0.25) is 0 Å². The summed E-state index contributed by atoms with van der Waals surface area (Å²) in [5.41, 5.74) is 0.858. The van der Waals surface area contributed by atoms with Crippen molar-refractivity contribution in [3.63, 3.8) is 0 Å². The van der Waals surface area contributed by atoms with Crippen LogP contribution in [0, 0.1) is 24.0 Å². The van der Waals surface area contributed by atoms with Gasteiger partial charge in [0.05, 0.1) is 36.8 Å². The number of hydrogen-bond donors (Lipinski definition) is 2. The van der Waals surface area contributed by atoms with Crippen molar-refractivity contribution in [2.75, 3.05) is 19.8 Å². The van der Waals surface area contributed by atoms with Gasteiger partial charge in [0, 0.05) is 6.54 Å². The van der Waals surface area contributed by atoms with Gasteiger partial charge < -0.3 is 15.2 Å². The van der Waals surface area contributed by atoms with E-state index in [1.807, 2.05) is 0 Å².